The highest BCUT2D eigenvalue weighted by Gasteiger charge is 2.17. The Bertz CT molecular complexity index is 591. The zero-order valence-corrected chi connectivity index (χ0v) is 11.6. The van der Waals surface area contributed by atoms with Crippen LogP contribution >= 0.6 is 34.2 Å². The van der Waals surface area contributed by atoms with Crippen molar-refractivity contribution in [1.29, 1.82) is 0 Å². The van der Waals surface area contributed by atoms with Gasteiger partial charge in [-0.1, -0.05) is 11.6 Å². The van der Waals surface area contributed by atoms with Gasteiger partial charge in [-0.3, -0.25) is 10.1 Å². The molecule has 2 rings (SSSR count). The van der Waals surface area contributed by atoms with Crippen molar-refractivity contribution in [3.05, 3.63) is 49.3 Å². The topological polar surface area (TPSA) is 78.2 Å². The Balaban J connectivity index is 2.35. The van der Waals surface area contributed by atoms with Crippen molar-refractivity contribution in [2.45, 2.75) is 0 Å². The predicted octanol–water partition coefficient (Wildman–Crippen LogP) is 3.44. The first-order valence-corrected chi connectivity index (χ1v) is 6.11. The summed E-state index contributed by atoms with van der Waals surface area (Å²) >= 11 is 7.81. The molecule has 0 aliphatic carbocycles. The Labute approximate surface area is 120 Å². The minimum atomic E-state index is -0.557. The standard InChI is InChI=1S/C10H5ClIN3O3/c11-6-1-2-8(15(16)17)9(3-6)18-10-13-4-7(12)5-14-10/h1-5H. The summed E-state index contributed by atoms with van der Waals surface area (Å²) in [7, 11) is 0. The smallest absolute Gasteiger partial charge is 0.322 e. The van der Waals surface area contributed by atoms with Crippen LogP contribution in [0.5, 0.6) is 11.8 Å². The van der Waals surface area contributed by atoms with Crippen LogP contribution in [0.3, 0.4) is 0 Å². The van der Waals surface area contributed by atoms with Crippen LogP contribution in [0, 0.1) is 13.7 Å². The summed E-state index contributed by atoms with van der Waals surface area (Å²) in [6.45, 7) is 0. The van der Waals surface area contributed by atoms with Gasteiger partial charge in [-0.15, -0.1) is 0 Å². The van der Waals surface area contributed by atoms with E-state index in [-0.39, 0.29) is 17.4 Å². The van der Waals surface area contributed by atoms with Crippen LogP contribution in [0.2, 0.25) is 5.02 Å². The highest BCUT2D eigenvalue weighted by Crippen LogP contribution is 2.32. The third-order valence-electron chi connectivity index (χ3n) is 1.92. The van der Waals surface area contributed by atoms with Gasteiger partial charge in [0.1, 0.15) is 0 Å². The molecule has 0 saturated carbocycles. The second-order valence-electron chi connectivity index (χ2n) is 3.16. The number of rotatable bonds is 3. The van der Waals surface area contributed by atoms with Crippen molar-refractivity contribution < 1.29 is 9.66 Å². The molecule has 0 radical (unpaired) electrons. The molecule has 1 aromatic carbocycles. The number of benzene rings is 1. The van der Waals surface area contributed by atoms with E-state index >= 15 is 0 Å². The molecule has 92 valence electrons. The SMILES string of the molecule is O=[N+]([O-])c1ccc(Cl)cc1Oc1ncc(I)cn1. The van der Waals surface area contributed by atoms with Crippen LogP contribution in [0.4, 0.5) is 5.69 Å². The Morgan fingerprint density at radius 1 is 1.33 bits per heavy atom. The number of halogens is 2. The Hall–Kier alpha value is -1.48. The van der Waals surface area contributed by atoms with Crippen molar-refractivity contribution in [3.8, 4) is 11.8 Å². The zero-order valence-electron chi connectivity index (χ0n) is 8.71. The van der Waals surface area contributed by atoms with E-state index < -0.39 is 4.92 Å². The fourth-order valence-electron chi connectivity index (χ4n) is 1.17. The van der Waals surface area contributed by atoms with Crippen LogP contribution in [0.1, 0.15) is 0 Å². The Kier molecular flexibility index (Phi) is 3.92. The van der Waals surface area contributed by atoms with E-state index in [0.717, 1.165) is 3.57 Å². The van der Waals surface area contributed by atoms with Gasteiger partial charge < -0.3 is 4.74 Å². The number of nitro benzene ring substituents is 1. The first-order chi connectivity index (χ1) is 8.56. The molecule has 0 bridgehead atoms. The number of nitrogens with zero attached hydrogens (tertiary/aromatic N) is 3. The van der Waals surface area contributed by atoms with Crippen molar-refractivity contribution >= 4 is 39.9 Å². The van der Waals surface area contributed by atoms with Crippen LogP contribution in [0.15, 0.2) is 30.6 Å². The molecule has 18 heavy (non-hydrogen) atoms. The van der Waals surface area contributed by atoms with Gasteiger partial charge in [-0.05, 0) is 28.7 Å². The molecule has 0 N–H and O–H groups in total. The van der Waals surface area contributed by atoms with Crippen LogP contribution in [-0.2, 0) is 0 Å². The fraction of sp³-hybridized carbons (Fsp3) is 0. The monoisotopic (exact) mass is 377 g/mol. The quantitative estimate of drug-likeness (QED) is 0.465. The predicted molar refractivity (Wildman–Crippen MR) is 72.9 cm³/mol. The molecule has 0 atom stereocenters. The van der Waals surface area contributed by atoms with E-state index in [1.807, 2.05) is 22.6 Å². The van der Waals surface area contributed by atoms with Gasteiger partial charge in [0.15, 0.2) is 0 Å². The second-order valence-corrected chi connectivity index (χ2v) is 4.84. The van der Waals surface area contributed by atoms with Gasteiger partial charge in [-0.25, -0.2) is 9.97 Å². The molecular weight excluding hydrogens is 372 g/mol. The maximum Gasteiger partial charge on any atom is 0.322 e. The van der Waals surface area contributed by atoms with Crippen molar-refractivity contribution in [2.24, 2.45) is 0 Å². The molecular formula is C10H5ClIN3O3. The molecule has 2 aromatic rings. The van der Waals surface area contributed by atoms with Crippen molar-refractivity contribution in [3.63, 3.8) is 0 Å². The molecule has 0 saturated heterocycles. The lowest BCUT2D eigenvalue weighted by Crippen LogP contribution is -1.96. The maximum atomic E-state index is 10.8. The average Bonchev–Trinajstić information content (AvgIpc) is 2.32. The largest absolute Gasteiger partial charge is 0.417 e. The third kappa shape index (κ3) is 3.05. The number of hydrogen-bond acceptors (Lipinski definition) is 5. The van der Waals surface area contributed by atoms with Gasteiger partial charge >= 0.3 is 11.7 Å². The Morgan fingerprint density at radius 3 is 2.61 bits per heavy atom. The van der Waals surface area contributed by atoms with E-state index in [2.05, 4.69) is 9.97 Å². The van der Waals surface area contributed by atoms with Crippen LogP contribution < -0.4 is 4.74 Å². The molecule has 6 nitrogen and oxygen atoms in total. The molecule has 8 heteroatoms. The van der Waals surface area contributed by atoms with Gasteiger partial charge in [-0.2, -0.15) is 0 Å². The number of nitro groups is 1. The lowest BCUT2D eigenvalue weighted by Gasteiger charge is -2.04. The number of hydrogen-bond donors (Lipinski definition) is 0. The van der Waals surface area contributed by atoms with Crippen molar-refractivity contribution in [1.82, 2.24) is 9.97 Å². The van der Waals surface area contributed by atoms with E-state index in [1.165, 1.54) is 18.2 Å². The molecule has 0 unspecified atom stereocenters. The summed E-state index contributed by atoms with van der Waals surface area (Å²) in [5.41, 5.74) is -0.193. The van der Waals surface area contributed by atoms with Gasteiger partial charge in [0.05, 0.1) is 4.92 Å². The fourth-order valence-corrected chi connectivity index (χ4v) is 1.61. The first kappa shape index (κ1) is 13.0. The highest BCUT2D eigenvalue weighted by molar-refractivity contribution is 14.1. The molecule has 0 fully saturated rings. The molecule has 0 amide bonds. The average molecular weight is 378 g/mol. The number of ether oxygens (including phenoxy) is 1. The van der Waals surface area contributed by atoms with Gasteiger partial charge in [0, 0.05) is 33.1 Å². The summed E-state index contributed by atoms with van der Waals surface area (Å²) in [6.07, 6.45) is 3.08. The zero-order chi connectivity index (χ0) is 13.1. The summed E-state index contributed by atoms with van der Waals surface area (Å²) in [6, 6.07) is 4.06. The first-order valence-electron chi connectivity index (χ1n) is 4.65. The summed E-state index contributed by atoms with van der Waals surface area (Å²) in [4.78, 5) is 18.1. The lowest BCUT2D eigenvalue weighted by atomic mass is 10.3. The highest BCUT2D eigenvalue weighted by atomic mass is 127. The van der Waals surface area contributed by atoms with E-state index in [0.29, 0.717) is 5.02 Å². The molecule has 0 spiro atoms. The summed E-state index contributed by atoms with van der Waals surface area (Å²) in [5.74, 6) is 0.00806. The van der Waals surface area contributed by atoms with E-state index in [9.17, 15) is 10.1 Å². The minimum absolute atomic E-state index is 0.00806. The van der Waals surface area contributed by atoms with Gasteiger partial charge in [0.25, 0.3) is 0 Å². The van der Waals surface area contributed by atoms with E-state index in [1.54, 1.807) is 12.4 Å². The number of aromatic nitrogens is 2. The molecule has 1 heterocycles. The summed E-state index contributed by atoms with van der Waals surface area (Å²) < 4.78 is 6.09. The normalized spacial score (nSPS) is 10.1. The van der Waals surface area contributed by atoms with Crippen LogP contribution in [-0.4, -0.2) is 14.9 Å². The molecule has 0 aliphatic heterocycles. The minimum Gasteiger partial charge on any atom is -0.417 e. The molecule has 0 aliphatic rings. The van der Waals surface area contributed by atoms with E-state index in [4.69, 9.17) is 16.3 Å². The second kappa shape index (κ2) is 5.44. The van der Waals surface area contributed by atoms with Crippen molar-refractivity contribution in [2.75, 3.05) is 0 Å². The Morgan fingerprint density at radius 2 is 2.00 bits per heavy atom. The summed E-state index contributed by atoms with van der Waals surface area (Å²) in [5, 5.41) is 11.2. The lowest BCUT2D eigenvalue weighted by molar-refractivity contribution is -0.385. The third-order valence-corrected chi connectivity index (χ3v) is 2.71. The van der Waals surface area contributed by atoms with Crippen LogP contribution in [0.25, 0.3) is 0 Å². The molecule has 1 aromatic heterocycles. The van der Waals surface area contributed by atoms with Gasteiger partial charge in [0.2, 0.25) is 5.75 Å². The maximum absolute atomic E-state index is 10.8.